The predicted octanol–water partition coefficient (Wildman–Crippen LogP) is 0.939. The van der Waals surface area contributed by atoms with Crippen molar-refractivity contribution < 1.29 is 8.42 Å². The normalized spacial score (nSPS) is 11.5. The van der Waals surface area contributed by atoms with Gasteiger partial charge in [0.05, 0.1) is 4.90 Å². The highest BCUT2D eigenvalue weighted by Gasteiger charge is 2.10. The Hall–Kier alpha value is -0.870. The van der Waals surface area contributed by atoms with E-state index in [0.717, 1.165) is 12.0 Å². The molecule has 3 nitrogen and oxygen atoms in total. The van der Waals surface area contributed by atoms with Crippen LogP contribution in [0.3, 0.4) is 0 Å². The van der Waals surface area contributed by atoms with Gasteiger partial charge < -0.3 is 5.73 Å². The van der Waals surface area contributed by atoms with Gasteiger partial charge in [-0.05, 0) is 24.1 Å². The van der Waals surface area contributed by atoms with E-state index in [1.807, 2.05) is 19.1 Å². The zero-order valence-corrected chi connectivity index (χ0v) is 8.34. The topological polar surface area (TPSA) is 60.2 Å². The van der Waals surface area contributed by atoms with Crippen LogP contribution in [0.5, 0.6) is 0 Å². The summed E-state index contributed by atoms with van der Waals surface area (Å²) < 4.78 is 22.6. The number of rotatable bonds is 3. The second-order valence-corrected chi connectivity index (χ2v) is 4.81. The van der Waals surface area contributed by atoms with Crippen LogP contribution in [0.2, 0.25) is 0 Å². The molecule has 1 rings (SSSR count). The van der Waals surface area contributed by atoms with Crippen molar-refractivity contribution in [1.29, 1.82) is 0 Å². The molecule has 0 aliphatic heterocycles. The van der Waals surface area contributed by atoms with Gasteiger partial charge in [-0.2, -0.15) is 0 Å². The molecule has 0 saturated heterocycles. The van der Waals surface area contributed by atoms with Crippen LogP contribution in [0.15, 0.2) is 29.2 Å². The third-order valence-electron chi connectivity index (χ3n) is 1.91. The van der Waals surface area contributed by atoms with Crippen molar-refractivity contribution >= 4 is 9.84 Å². The lowest BCUT2D eigenvalue weighted by molar-refractivity contribution is 0.596. The van der Waals surface area contributed by atoms with E-state index >= 15 is 0 Å². The minimum atomic E-state index is -3.25. The lowest BCUT2D eigenvalue weighted by Gasteiger charge is -2.01. The van der Waals surface area contributed by atoms with E-state index in [1.165, 1.54) is 0 Å². The fourth-order valence-corrected chi connectivity index (χ4v) is 1.77. The molecule has 0 spiro atoms. The standard InChI is InChI=1S/C9H13NO2S/c1-2-8-3-5-9(6-4-8)13(11,12)7-10/h3-6H,2,7,10H2,1H3. The Morgan fingerprint density at radius 2 is 1.77 bits per heavy atom. The summed E-state index contributed by atoms with van der Waals surface area (Å²) in [7, 11) is -3.25. The van der Waals surface area contributed by atoms with Gasteiger partial charge in [0.1, 0.15) is 5.88 Å². The second-order valence-electron chi connectivity index (χ2n) is 2.78. The summed E-state index contributed by atoms with van der Waals surface area (Å²) in [6.45, 7) is 2.02. The second kappa shape index (κ2) is 3.89. The van der Waals surface area contributed by atoms with Crippen LogP contribution in [0.4, 0.5) is 0 Å². The van der Waals surface area contributed by atoms with Crippen molar-refractivity contribution in [1.82, 2.24) is 0 Å². The largest absolute Gasteiger partial charge is 0.317 e. The highest BCUT2D eigenvalue weighted by Crippen LogP contribution is 2.11. The highest BCUT2D eigenvalue weighted by molar-refractivity contribution is 7.91. The Labute approximate surface area is 78.5 Å². The van der Waals surface area contributed by atoms with Gasteiger partial charge in [-0.1, -0.05) is 19.1 Å². The number of hydrogen-bond acceptors (Lipinski definition) is 3. The number of hydrogen-bond donors (Lipinski definition) is 1. The average Bonchev–Trinajstić information content (AvgIpc) is 2.18. The van der Waals surface area contributed by atoms with Gasteiger partial charge in [0.15, 0.2) is 9.84 Å². The van der Waals surface area contributed by atoms with E-state index in [1.54, 1.807) is 12.1 Å². The Bertz CT molecular complexity index is 367. The van der Waals surface area contributed by atoms with Crippen molar-refractivity contribution in [2.24, 2.45) is 5.73 Å². The van der Waals surface area contributed by atoms with Crippen LogP contribution in [-0.2, 0) is 16.3 Å². The van der Waals surface area contributed by atoms with Gasteiger partial charge >= 0.3 is 0 Å². The summed E-state index contributed by atoms with van der Waals surface area (Å²) in [5.74, 6) is -0.335. The molecular weight excluding hydrogens is 186 g/mol. The first-order valence-corrected chi connectivity index (χ1v) is 5.77. The Balaban J connectivity index is 3.06. The maximum absolute atomic E-state index is 11.3. The zero-order valence-electron chi connectivity index (χ0n) is 7.53. The quantitative estimate of drug-likeness (QED) is 0.788. The molecule has 0 unspecified atom stereocenters. The van der Waals surface area contributed by atoms with Gasteiger partial charge in [-0.25, -0.2) is 8.42 Å². The lowest BCUT2D eigenvalue weighted by Crippen LogP contribution is -2.14. The molecule has 13 heavy (non-hydrogen) atoms. The smallest absolute Gasteiger partial charge is 0.191 e. The van der Waals surface area contributed by atoms with Gasteiger partial charge in [-0.3, -0.25) is 0 Å². The van der Waals surface area contributed by atoms with Crippen molar-refractivity contribution in [3.63, 3.8) is 0 Å². The summed E-state index contributed by atoms with van der Waals surface area (Å²) in [6, 6.07) is 6.81. The minimum Gasteiger partial charge on any atom is -0.317 e. The Morgan fingerprint density at radius 1 is 1.23 bits per heavy atom. The van der Waals surface area contributed by atoms with Crippen LogP contribution in [0.25, 0.3) is 0 Å². The molecule has 2 N–H and O–H groups in total. The average molecular weight is 199 g/mol. The lowest BCUT2D eigenvalue weighted by atomic mass is 10.2. The molecule has 0 heterocycles. The van der Waals surface area contributed by atoms with E-state index in [0.29, 0.717) is 4.90 Å². The first-order chi connectivity index (χ1) is 6.10. The SMILES string of the molecule is CCc1ccc(S(=O)(=O)CN)cc1. The first-order valence-electron chi connectivity index (χ1n) is 4.12. The van der Waals surface area contributed by atoms with Crippen LogP contribution in [0, 0.1) is 0 Å². The molecule has 1 aromatic rings. The van der Waals surface area contributed by atoms with Crippen LogP contribution in [0.1, 0.15) is 12.5 Å². The monoisotopic (exact) mass is 199 g/mol. The molecular formula is C9H13NO2S. The summed E-state index contributed by atoms with van der Waals surface area (Å²) in [5, 5.41) is 0. The third-order valence-corrected chi connectivity index (χ3v) is 3.34. The summed E-state index contributed by atoms with van der Waals surface area (Å²) in [6.07, 6.45) is 0.906. The molecule has 1 aromatic carbocycles. The fraction of sp³-hybridized carbons (Fsp3) is 0.333. The zero-order chi connectivity index (χ0) is 9.90. The van der Waals surface area contributed by atoms with E-state index in [-0.39, 0.29) is 5.88 Å². The van der Waals surface area contributed by atoms with Crippen molar-refractivity contribution in [3.05, 3.63) is 29.8 Å². The molecule has 72 valence electrons. The van der Waals surface area contributed by atoms with Gasteiger partial charge in [0, 0.05) is 0 Å². The minimum absolute atomic E-state index is 0.298. The van der Waals surface area contributed by atoms with Crippen LogP contribution in [-0.4, -0.2) is 14.3 Å². The molecule has 0 atom stereocenters. The fourth-order valence-electron chi connectivity index (χ4n) is 1.03. The molecule has 0 aromatic heterocycles. The van der Waals surface area contributed by atoms with Crippen molar-refractivity contribution in [2.45, 2.75) is 18.2 Å². The van der Waals surface area contributed by atoms with Crippen molar-refractivity contribution in [2.75, 3.05) is 5.88 Å². The van der Waals surface area contributed by atoms with E-state index in [2.05, 4.69) is 0 Å². The Morgan fingerprint density at radius 3 is 2.15 bits per heavy atom. The van der Waals surface area contributed by atoms with Crippen LogP contribution >= 0.6 is 0 Å². The van der Waals surface area contributed by atoms with Gasteiger partial charge in [-0.15, -0.1) is 0 Å². The van der Waals surface area contributed by atoms with Crippen molar-refractivity contribution in [3.8, 4) is 0 Å². The molecule has 4 heteroatoms. The number of nitrogens with two attached hydrogens (primary N) is 1. The number of sulfone groups is 1. The molecule has 0 aliphatic carbocycles. The van der Waals surface area contributed by atoms with Gasteiger partial charge in [0.2, 0.25) is 0 Å². The van der Waals surface area contributed by atoms with E-state index < -0.39 is 9.84 Å². The van der Waals surface area contributed by atoms with E-state index in [4.69, 9.17) is 5.73 Å². The maximum Gasteiger partial charge on any atom is 0.191 e. The molecule has 0 bridgehead atoms. The third kappa shape index (κ3) is 2.29. The number of benzene rings is 1. The molecule has 0 fully saturated rings. The molecule has 0 aliphatic rings. The summed E-state index contributed by atoms with van der Waals surface area (Å²) in [4.78, 5) is 0.298. The molecule has 0 amide bonds. The molecule has 0 saturated carbocycles. The van der Waals surface area contributed by atoms with E-state index in [9.17, 15) is 8.42 Å². The molecule has 0 radical (unpaired) electrons. The first kappa shape index (κ1) is 10.2. The van der Waals surface area contributed by atoms with Crippen LogP contribution < -0.4 is 5.73 Å². The number of aryl methyl sites for hydroxylation is 1. The Kier molecular flexibility index (Phi) is 3.06. The maximum atomic E-state index is 11.3. The highest BCUT2D eigenvalue weighted by atomic mass is 32.2. The summed E-state index contributed by atoms with van der Waals surface area (Å²) >= 11 is 0. The predicted molar refractivity (Wildman–Crippen MR) is 52.1 cm³/mol. The summed E-state index contributed by atoms with van der Waals surface area (Å²) in [5.41, 5.74) is 6.24. The van der Waals surface area contributed by atoms with Gasteiger partial charge in [0.25, 0.3) is 0 Å².